The molecule has 0 saturated carbocycles. The molecule has 140 valence electrons. The largest absolute Gasteiger partial charge is 0.478 e. The summed E-state index contributed by atoms with van der Waals surface area (Å²) in [6, 6.07) is 12.2. The van der Waals surface area contributed by atoms with Gasteiger partial charge in [-0.3, -0.25) is 4.90 Å². The van der Waals surface area contributed by atoms with Crippen molar-refractivity contribution in [3.05, 3.63) is 70.4 Å². The molecular formula is C23H26N2O2. The summed E-state index contributed by atoms with van der Waals surface area (Å²) in [5.74, 6) is -0.859. The van der Waals surface area contributed by atoms with Crippen molar-refractivity contribution in [3.8, 4) is 0 Å². The van der Waals surface area contributed by atoms with Crippen LogP contribution in [0.15, 0.2) is 42.6 Å². The van der Waals surface area contributed by atoms with Crippen LogP contribution < -0.4 is 0 Å². The van der Waals surface area contributed by atoms with E-state index in [2.05, 4.69) is 41.9 Å². The molecule has 2 aromatic carbocycles. The van der Waals surface area contributed by atoms with Crippen LogP contribution in [-0.4, -0.2) is 27.5 Å². The lowest BCUT2D eigenvalue weighted by Gasteiger charge is -2.36. The number of rotatable bonds is 4. The Kier molecular flexibility index (Phi) is 4.75. The normalized spacial score (nSPS) is 18.1. The van der Waals surface area contributed by atoms with E-state index in [0.29, 0.717) is 5.56 Å². The maximum absolute atomic E-state index is 11.4. The van der Waals surface area contributed by atoms with Crippen LogP contribution in [0, 0.1) is 13.8 Å². The SMILES string of the molecule is Cc1cc(C)c2[nH]ccc2c1CN1CCCC[C@H]1c1cccc(C(=O)O)c1. The first-order chi connectivity index (χ1) is 13.0. The summed E-state index contributed by atoms with van der Waals surface area (Å²) in [7, 11) is 0. The molecule has 1 aliphatic rings. The lowest BCUT2D eigenvalue weighted by atomic mass is 9.92. The molecule has 0 spiro atoms. The number of likely N-dealkylation sites (tertiary alicyclic amines) is 1. The lowest BCUT2D eigenvalue weighted by Crippen LogP contribution is -2.33. The van der Waals surface area contributed by atoms with Crippen LogP contribution in [-0.2, 0) is 6.54 Å². The molecule has 0 amide bonds. The number of aromatic amines is 1. The minimum absolute atomic E-state index is 0.271. The van der Waals surface area contributed by atoms with Gasteiger partial charge in [0.25, 0.3) is 0 Å². The zero-order valence-electron chi connectivity index (χ0n) is 16.0. The third-order valence-electron chi connectivity index (χ3n) is 5.87. The number of H-pyrrole nitrogens is 1. The van der Waals surface area contributed by atoms with Gasteiger partial charge < -0.3 is 10.1 Å². The van der Waals surface area contributed by atoms with E-state index in [0.717, 1.165) is 25.1 Å². The zero-order chi connectivity index (χ0) is 19.0. The van der Waals surface area contributed by atoms with Gasteiger partial charge in [-0.2, -0.15) is 0 Å². The van der Waals surface area contributed by atoms with Crippen molar-refractivity contribution >= 4 is 16.9 Å². The number of piperidine rings is 1. The molecule has 1 aromatic heterocycles. The fraction of sp³-hybridized carbons (Fsp3) is 0.348. The van der Waals surface area contributed by atoms with Gasteiger partial charge in [0.05, 0.1) is 5.56 Å². The highest BCUT2D eigenvalue weighted by atomic mass is 16.4. The van der Waals surface area contributed by atoms with Crippen molar-refractivity contribution in [1.82, 2.24) is 9.88 Å². The predicted octanol–water partition coefficient (Wildman–Crippen LogP) is 5.21. The Morgan fingerprint density at radius 2 is 2.04 bits per heavy atom. The van der Waals surface area contributed by atoms with Crippen LogP contribution in [0.1, 0.15) is 57.9 Å². The van der Waals surface area contributed by atoms with Gasteiger partial charge in [0.15, 0.2) is 0 Å². The van der Waals surface area contributed by atoms with Gasteiger partial charge in [-0.15, -0.1) is 0 Å². The van der Waals surface area contributed by atoms with Crippen LogP contribution in [0.5, 0.6) is 0 Å². The zero-order valence-corrected chi connectivity index (χ0v) is 16.0. The molecule has 4 rings (SSSR count). The average Bonchev–Trinajstić information content (AvgIpc) is 3.16. The summed E-state index contributed by atoms with van der Waals surface area (Å²) in [4.78, 5) is 17.3. The Bertz CT molecular complexity index is 989. The first-order valence-corrected chi connectivity index (χ1v) is 9.68. The number of carboxylic acid groups (broad SMARTS) is 1. The van der Waals surface area contributed by atoms with Crippen LogP contribution >= 0.6 is 0 Å². The minimum atomic E-state index is -0.859. The average molecular weight is 362 g/mol. The molecule has 0 radical (unpaired) electrons. The van der Waals surface area contributed by atoms with E-state index in [1.54, 1.807) is 6.07 Å². The number of hydrogen-bond donors (Lipinski definition) is 2. The van der Waals surface area contributed by atoms with Crippen molar-refractivity contribution < 1.29 is 9.90 Å². The molecule has 1 atom stereocenters. The molecule has 1 aliphatic heterocycles. The first-order valence-electron chi connectivity index (χ1n) is 9.68. The smallest absolute Gasteiger partial charge is 0.335 e. The molecule has 3 aromatic rings. The van der Waals surface area contributed by atoms with E-state index in [9.17, 15) is 9.90 Å². The molecule has 27 heavy (non-hydrogen) atoms. The quantitative estimate of drug-likeness (QED) is 0.670. The maximum Gasteiger partial charge on any atom is 0.335 e. The van der Waals surface area contributed by atoms with Gasteiger partial charge in [0.1, 0.15) is 0 Å². The van der Waals surface area contributed by atoms with Gasteiger partial charge >= 0.3 is 5.97 Å². The summed E-state index contributed by atoms with van der Waals surface area (Å²) < 4.78 is 0. The van der Waals surface area contributed by atoms with Crippen molar-refractivity contribution in [3.63, 3.8) is 0 Å². The second kappa shape index (κ2) is 7.20. The first kappa shape index (κ1) is 17.8. The summed E-state index contributed by atoms with van der Waals surface area (Å²) >= 11 is 0. The Morgan fingerprint density at radius 3 is 2.85 bits per heavy atom. The van der Waals surface area contributed by atoms with E-state index >= 15 is 0 Å². The van der Waals surface area contributed by atoms with Crippen LogP contribution in [0.4, 0.5) is 0 Å². The van der Waals surface area contributed by atoms with Crippen molar-refractivity contribution in [1.29, 1.82) is 0 Å². The number of carboxylic acids is 1. The molecule has 2 N–H and O–H groups in total. The highest BCUT2D eigenvalue weighted by Gasteiger charge is 2.26. The number of carbonyl (C=O) groups is 1. The topological polar surface area (TPSA) is 56.3 Å². The molecule has 1 saturated heterocycles. The van der Waals surface area contributed by atoms with Gasteiger partial charge in [0.2, 0.25) is 0 Å². The van der Waals surface area contributed by atoms with E-state index in [4.69, 9.17) is 0 Å². The fourth-order valence-electron chi connectivity index (χ4n) is 4.49. The number of aromatic carboxylic acids is 1. The number of benzene rings is 2. The Balaban J connectivity index is 1.69. The third-order valence-corrected chi connectivity index (χ3v) is 5.87. The van der Waals surface area contributed by atoms with Crippen LogP contribution in [0.2, 0.25) is 0 Å². The summed E-state index contributed by atoms with van der Waals surface area (Å²) in [6.45, 7) is 6.28. The number of fused-ring (bicyclic) bond motifs is 1. The summed E-state index contributed by atoms with van der Waals surface area (Å²) in [6.07, 6.45) is 5.47. The highest BCUT2D eigenvalue weighted by molar-refractivity contribution is 5.88. The standard InChI is InChI=1S/C23H26N2O2/c1-15-12-16(2)22-19(9-10-24-22)20(15)14-25-11-4-3-8-21(25)17-6-5-7-18(13-17)23(26)27/h5-7,9-10,12-13,21,24H,3-4,8,11,14H2,1-2H3,(H,26,27)/t21-/m0/s1. The summed E-state index contributed by atoms with van der Waals surface area (Å²) in [5, 5.41) is 10.7. The molecule has 4 heteroatoms. The van der Waals surface area contributed by atoms with Crippen LogP contribution in [0.25, 0.3) is 10.9 Å². The number of aromatic nitrogens is 1. The molecular weight excluding hydrogens is 336 g/mol. The third kappa shape index (κ3) is 3.37. The van der Waals surface area contributed by atoms with Gasteiger partial charge in [0, 0.05) is 29.7 Å². The molecule has 2 heterocycles. The monoisotopic (exact) mass is 362 g/mol. The van der Waals surface area contributed by atoms with Crippen molar-refractivity contribution in [2.24, 2.45) is 0 Å². The van der Waals surface area contributed by atoms with Gasteiger partial charge in [-0.05, 0) is 73.7 Å². The van der Waals surface area contributed by atoms with Gasteiger partial charge in [-0.25, -0.2) is 4.79 Å². The molecule has 0 unspecified atom stereocenters. The van der Waals surface area contributed by atoms with Crippen molar-refractivity contribution in [2.45, 2.75) is 45.7 Å². The fourth-order valence-corrected chi connectivity index (χ4v) is 4.49. The summed E-state index contributed by atoms with van der Waals surface area (Å²) in [5.41, 5.74) is 6.68. The number of hydrogen-bond acceptors (Lipinski definition) is 2. The maximum atomic E-state index is 11.4. The van der Waals surface area contributed by atoms with Gasteiger partial charge in [-0.1, -0.05) is 24.6 Å². The Hall–Kier alpha value is -2.59. The number of aryl methyl sites for hydroxylation is 2. The Morgan fingerprint density at radius 1 is 1.19 bits per heavy atom. The van der Waals surface area contributed by atoms with Crippen molar-refractivity contribution in [2.75, 3.05) is 6.54 Å². The number of nitrogens with one attached hydrogen (secondary N) is 1. The second-order valence-electron chi connectivity index (χ2n) is 7.67. The molecule has 0 aliphatic carbocycles. The van der Waals surface area contributed by atoms with E-state index in [1.807, 2.05) is 18.3 Å². The molecule has 0 bridgehead atoms. The molecule has 1 fully saturated rings. The lowest BCUT2D eigenvalue weighted by molar-refractivity contribution is 0.0696. The van der Waals surface area contributed by atoms with Crippen LogP contribution in [0.3, 0.4) is 0 Å². The predicted molar refractivity (Wildman–Crippen MR) is 108 cm³/mol. The molecule has 4 nitrogen and oxygen atoms in total. The van der Waals surface area contributed by atoms with E-state index in [1.165, 1.54) is 40.4 Å². The second-order valence-corrected chi connectivity index (χ2v) is 7.67. The highest BCUT2D eigenvalue weighted by Crippen LogP contribution is 2.35. The minimum Gasteiger partial charge on any atom is -0.478 e. The Labute approximate surface area is 159 Å². The van der Waals surface area contributed by atoms with E-state index in [-0.39, 0.29) is 6.04 Å². The van der Waals surface area contributed by atoms with E-state index < -0.39 is 5.97 Å². The number of nitrogens with zero attached hydrogens (tertiary/aromatic N) is 1.